The Morgan fingerprint density at radius 1 is 1.25 bits per heavy atom. The second-order valence-corrected chi connectivity index (χ2v) is 4.46. The Bertz CT molecular complexity index is 158. The van der Waals surface area contributed by atoms with Crippen LogP contribution in [-0.2, 0) is 4.74 Å². The van der Waals surface area contributed by atoms with Gasteiger partial charge in [-0.25, -0.2) is 0 Å². The average molecular weight is 169 g/mol. The average Bonchev–Trinajstić information content (AvgIpc) is 2.37. The molecule has 0 aromatic rings. The smallest absolute Gasteiger partial charge is 0.0704 e. The minimum absolute atomic E-state index is 0.281. The third kappa shape index (κ3) is 1.17. The van der Waals surface area contributed by atoms with Crippen molar-refractivity contribution in [1.82, 2.24) is 0 Å². The minimum Gasteiger partial charge on any atom is -0.376 e. The predicted molar refractivity (Wildman–Crippen MR) is 48.9 cm³/mol. The molecule has 2 rings (SSSR count). The molecule has 0 aromatic heterocycles. The van der Waals surface area contributed by atoms with Crippen LogP contribution in [0.4, 0.5) is 0 Å². The molecule has 1 saturated heterocycles. The summed E-state index contributed by atoms with van der Waals surface area (Å²) in [7, 11) is 0. The van der Waals surface area contributed by atoms with E-state index in [0.717, 1.165) is 6.61 Å². The highest BCUT2D eigenvalue weighted by atomic mass is 16.5. The first-order chi connectivity index (χ1) is 5.75. The first kappa shape index (κ1) is 8.52. The lowest BCUT2D eigenvalue weighted by atomic mass is 9.70. The first-order valence-corrected chi connectivity index (χ1v) is 5.12. The molecule has 0 amide bonds. The van der Waals surface area contributed by atoms with E-state index in [-0.39, 0.29) is 12.1 Å². The fraction of sp³-hybridized carbons (Fsp3) is 1.00. The van der Waals surface area contributed by atoms with Gasteiger partial charge in [-0.2, -0.15) is 0 Å². The Morgan fingerprint density at radius 3 is 2.42 bits per heavy atom. The van der Waals surface area contributed by atoms with Crippen molar-refractivity contribution in [1.29, 1.82) is 0 Å². The van der Waals surface area contributed by atoms with Gasteiger partial charge in [-0.05, 0) is 19.8 Å². The maximum Gasteiger partial charge on any atom is 0.0704 e. The Labute approximate surface area is 74.5 Å². The van der Waals surface area contributed by atoms with Crippen LogP contribution < -0.4 is 5.73 Å². The van der Waals surface area contributed by atoms with Gasteiger partial charge >= 0.3 is 0 Å². The second kappa shape index (κ2) is 3.00. The maximum absolute atomic E-state index is 6.16. The molecule has 70 valence electrons. The predicted octanol–water partition coefficient (Wildman–Crippen LogP) is 1.68. The van der Waals surface area contributed by atoms with E-state index in [1.165, 1.54) is 32.1 Å². The van der Waals surface area contributed by atoms with E-state index in [9.17, 15) is 0 Å². The quantitative estimate of drug-likeness (QED) is 0.599. The van der Waals surface area contributed by atoms with Crippen molar-refractivity contribution >= 4 is 0 Å². The van der Waals surface area contributed by atoms with E-state index in [0.29, 0.717) is 5.41 Å². The van der Waals surface area contributed by atoms with Crippen LogP contribution in [0, 0.1) is 5.41 Å². The lowest BCUT2D eigenvalue weighted by Crippen LogP contribution is -2.44. The Morgan fingerprint density at radius 2 is 1.92 bits per heavy atom. The van der Waals surface area contributed by atoms with Crippen LogP contribution >= 0.6 is 0 Å². The summed E-state index contributed by atoms with van der Waals surface area (Å²) < 4.78 is 5.63. The van der Waals surface area contributed by atoms with Gasteiger partial charge in [0.1, 0.15) is 0 Å². The van der Waals surface area contributed by atoms with Gasteiger partial charge < -0.3 is 10.5 Å². The normalized spacial score (nSPS) is 40.5. The number of rotatable bonds is 0. The number of hydrogen-bond donors (Lipinski definition) is 1. The summed E-state index contributed by atoms with van der Waals surface area (Å²) in [6.07, 6.45) is 6.95. The zero-order valence-corrected chi connectivity index (χ0v) is 7.88. The van der Waals surface area contributed by atoms with Crippen LogP contribution in [0.3, 0.4) is 0 Å². The van der Waals surface area contributed by atoms with E-state index in [1.54, 1.807) is 0 Å². The summed E-state index contributed by atoms with van der Waals surface area (Å²) in [6, 6.07) is 0.290. The largest absolute Gasteiger partial charge is 0.376 e. The molecule has 0 unspecified atom stereocenters. The molecule has 0 aromatic carbocycles. The number of ether oxygens (including phenoxy) is 1. The molecule has 2 atom stereocenters. The van der Waals surface area contributed by atoms with Gasteiger partial charge in [-0.3, -0.25) is 0 Å². The number of hydrogen-bond acceptors (Lipinski definition) is 2. The zero-order chi connectivity index (χ0) is 8.60. The van der Waals surface area contributed by atoms with Crippen LogP contribution in [0.15, 0.2) is 0 Å². The van der Waals surface area contributed by atoms with Crippen molar-refractivity contribution < 1.29 is 4.74 Å². The van der Waals surface area contributed by atoms with Crippen LogP contribution in [-0.4, -0.2) is 18.8 Å². The van der Waals surface area contributed by atoms with Crippen molar-refractivity contribution in [2.75, 3.05) is 6.61 Å². The summed E-state index contributed by atoms with van der Waals surface area (Å²) in [5, 5.41) is 0. The summed E-state index contributed by atoms with van der Waals surface area (Å²) in [6.45, 7) is 3.02. The highest BCUT2D eigenvalue weighted by molar-refractivity contribution is 4.98. The molecular weight excluding hydrogens is 150 g/mol. The van der Waals surface area contributed by atoms with E-state index < -0.39 is 0 Å². The van der Waals surface area contributed by atoms with Gasteiger partial charge in [0.05, 0.1) is 12.7 Å². The van der Waals surface area contributed by atoms with Gasteiger partial charge in [-0.15, -0.1) is 0 Å². The Hall–Kier alpha value is -0.0800. The maximum atomic E-state index is 6.16. The molecule has 0 radical (unpaired) electrons. The first-order valence-electron chi connectivity index (χ1n) is 5.12. The van der Waals surface area contributed by atoms with Crippen molar-refractivity contribution in [2.45, 2.75) is 51.2 Å². The molecule has 1 heterocycles. The van der Waals surface area contributed by atoms with Crippen LogP contribution in [0.25, 0.3) is 0 Å². The summed E-state index contributed by atoms with van der Waals surface area (Å²) in [4.78, 5) is 0. The van der Waals surface area contributed by atoms with Crippen molar-refractivity contribution in [2.24, 2.45) is 11.1 Å². The Kier molecular flexibility index (Phi) is 2.13. The summed E-state index contributed by atoms with van der Waals surface area (Å²) in [5.74, 6) is 0. The van der Waals surface area contributed by atoms with Crippen molar-refractivity contribution in [3.8, 4) is 0 Å². The molecule has 1 spiro atoms. The molecule has 2 N–H and O–H groups in total. The van der Waals surface area contributed by atoms with Crippen molar-refractivity contribution in [3.05, 3.63) is 0 Å². The van der Waals surface area contributed by atoms with E-state index in [2.05, 4.69) is 6.92 Å². The minimum atomic E-state index is 0.281. The van der Waals surface area contributed by atoms with Crippen molar-refractivity contribution in [3.63, 3.8) is 0 Å². The van der Waals surface area contributed by atoms with Gasteiger partial charge in [0.15, 0.2) is 0 Å². The molecule has 2 heteroatoms. The zero-order valence-electron chi connectivity index (χ0n) is 7.88. The van der Waals surface area contributed by atoms with Gasteiger partial charge in [0, 0.05) is 11.5 Å². The molecular formula is C10H19NO. The molecule has 1 saturated carbocycles. The van der Waals surface area contributed by atoms with E-state index >= 15 is 0 Å². The molecule has 1 aliphatic carbocycles. The fourth-order valence-corrected chi connectivity index (χ4v) is 2.73. The molecule has 2 aliphatic rings. The Balaban J connectivity index is 2.09. The highest BCUT2D eigenvalue weighted by Gasteiger charge is 2.45. The van der Waals surface area contributed by atoms with Crippen LogP contribution in [0.5, 0.6) is 0 Å². The van der Waals surface area contributed by atoms with E-state index in [4.69, 9.17) is 10.5 Å². The van der Waals surface area contributed by atoms with Crippen LogP contribution in [0.2, 0.25) is 0 Å². The lowest BCUT2D eigenvalue weighted by Gasteiger charge is -2.36. The number of nitrogens with two attached hydrogens (primary N) is 1. The summed E-state index contributed by atoms with van der Waals surface area (Å²) in [5.41, 5.74) is 6.52. The standard InChI is InChI=1S/C10H19NO/c1-8-9(11)10(7-12-8)5-3-2-4-6-10/h8-9H,2-7,11H2,1H3/t8-,9+/m0/s1. The molecule has 2 fully saturated rings. The summed E-state index contributed by atoms with van der Waals surface area (Å²) >= 11 is 0. The second-order valence-electron chi connectivity index (χ2n) is 4.46. The fourth-order valence-electron chi connectivity index (χ4n) is 2.73. The van der Waals surface area contributed by atoms with E-state index in [1.807, 2.05) is 0 Å². The third-order valence-electron chi connectivity index (χ3n) is 3.70. The molecule has 2 nitrogen and oxygen atoms in total. The molecule has 12 heavy (non-hydrogen) atoms. The van der Waals surface area contributed by atoms with Crippen LogP contribution in [0.1, 0.15) is 39.0 Å². The topological polar surface area (TPSA) is 35.2 Å². The van der Waals surface area contributed by atoms with Gasteiger partial charge in [0.25, 0.3) is 0 Å². The lowest BCUT2D eigenvalue weighted by molar-refractivity contribution is 0.0926. The highest BCUT2D eigenvalue weighted by Crippen LogP contribution is 2.44. The van der Waals surface area contributed by atoms with Gasteiger partial charge in [-0.1, -0.05) is 19.3 Å². The SMILES string of the molecule is C[C@@H]1OCC2(CCCCC2)[C@@H]1N. The monoisotopic (exact) mass is 169 g/mol. The third-order valence-corrected chi connectivity index (χ3v) is 3.70. The van der Waals surface area contributed by atoms with Gasteiger partial charge in [0.2, 0.25) is 0 Å². The molecule has 1 aliphatic heterocycles. The molecule has 0 bridgehead atoms.